The molecule has 0 saturated carbocycles. The van der Waals surface area contributed by atoms with E-state index in [2.05, 4.69) is 17.3 Å². The van der Waals surface area contributed by atoms with E-state index in [4.69, 9.17) is 9.47 Å². The second-order valence-electron chi connectivity index (χ2n) is 5.43. The average Bonchev–Trinajstić information content (AvgIpc) is 2.22. The van der Waals surface area contributed by atoms with Gasteiger partial charge in [0.05, 0.1) is 25.2 Å². The van der Waals surface area contributed by atoms with Crippen LogP contribution in [0.4, 0.5) is 0 Å². The van der Waals surface area contributed by atoms with Gasteiger partial charge in [-0.15, -0.1) is 0 Å². The Bertz CT molecular complexity index is 233. The van der Waals surface area contributed by atoms with Crippen LogP contribution < -0.4 is 5.32 Å². The quantitative estimate of drug-likeness (QED) is 0.615. The molecular formula is C11H20N2O2. The van der Waals surface area contributed by atoms with Crippen LogP contribution in [0.5, 0.6) is 0 Å². The Morgan fingerprint density at radius 2 is 1.87 bits per heavy atom. The molecule has 0 unspecified atom stereocenters. The molecule has 3 aliphatic rings. The number of nitrogens with zero attached hydrogens (tertiary/aromatic N) is 1. The van der Waals surface area contributed by atoms with Gasteiger partial charge < -0.3 is 14.4 Å². The van der Waals surface area contributed by atoms with Gasteiger partial charge in [-0.2, -0.15) is 0 Å². The van der Waals surface area contributed by atoms with Crippen molar-refractivity contribution in [2.24, 2.45) is 5.41 Å². The first-order chi connectivity index (χ1) is 7.22. The molecule has 0 aromatic heterocycles. The molecule has 0 radical (unpaired) electrons. The molecule has 3 saturated heterocycles. The number of ether oxygens (including phenoxy) is 2. The monoisotopic (exact) mass is 212 g/mol. The van der Waals surface area contributed by atoms with E-state index in [0.29, 0.717) is 5.41 Å². The van der Waals surface area contributed by atoms with Crippen molar-refractivity contribution in [3.8, 4) is 0 Å². The SMILES string of the molecule is CN1CCC2(CC1)NCC1(COC1)CO2. The maximum Gasteiger partial charge on any atom is 0.121 e. The zero-order valence-corrected chi connectivity index (χ0v) is 9.42. The lowest BCUT2D eigenvalue weighted by molar-refractivity contribution is -0.230. The van der Waals surface area contributed by atoms with Gasteiger partial charge in [0.1, 0.15) is 5.72 Å². The van der Waals surface area contributed by atoms with Crippen molar-refractivity contribution in [1.29, 1.82) is 0 Å². The molecular weight excluding hydrogens is 192 g/mol. The van der Waals surface area contributed by atoms with Gasteiger partial charge in [-0.1, -0.05) is 0 Å². The standard InChI is InChI=1S/C11H20N2O2/c1-13-4-2-11(3-5-13)12-6-10(9-15-11)7-14-8-10/h12H,2-9H2,1H3. The normalized spacial score (nSPS) is 34.2. The lowest BCUT2D eigenvalue weighted by Gasteiger charge is -2.52. The van der Waals surface area contributed by atoms with Crippen LogP contribution in [0.1, 0.15) is 12.8 Å². The molecule has 1 N–H and O–H groups in total. The fourth-order valence-corrected chi connectivity index (χ4v) is 2.62. The van der Waals surface area contributed by atoms with E-state index in [0.717, 1.165) is 52.3 Å². The van der Waals surface area contributed by atoms with E-state index in [1.165, 1.54) is 0 Å². The Morgan fingerprint density at radius 3 is 2.33 bits per heavy atom. The van der Waals surface area contributed by atoms with Crippen LogP contribution in [-0.4, -0.2) is 57.1 Å². The Kier molecular flexibility index (Phi) is 2.28. The summed E-state index contributed by atoms with van der Waals surface area (Å²) in [6, 6.07) is 0. The van der Waals surface area contributed by atoms with Gasteiger partial charge in [0.25, 0.3) is 0 Å². The second kappa shape index (κ2) is 3.42. The van der Waals surface area contributed by atoms with Crippen molar-refractivity contribution in [3.63, 3.8) is 0 Å². The molecule has 15 heavy (non-hydrogen) atoms. The molecule has 4 heteroatoms. The highest BCUT2D eigenvalue weighted by Crippen LogP contribution is 2.36. The topological polar surface area (TPSA) is 33.7 Å². The van der Waals surface area contributed by atoms with Crippen molar-refractivity contribution >= 4 is 0 Å². The number of piperidine rings is 1. The number of likely N-dealkylation sites (tertiary alicyclic amines) is 1. The van der Waals surface area contributed by atoms with Crippen LogP contribution in [0.25, 0.3) is 0 Å². The lowest BCUT2D eigenvalue weighted by Crippen LogP contribution is -2.66. The molecule has 3 fully saturated rings. The third-order valence-corrected chi connectivity index (χ3v) is 4.05. The Balaban J connectivity index is 1.60. The molecule has 86 valence electrons. The van der Waals surface area contributed by atoms with Crippen molar-refractivity contribution in [3.05, 3.63) is 0 Å². The number of hydrogen-bond acceptors (Lipinski definition) is 4. The van der Waals surface area contributed by atoms with Gasteiger partial charge in [-0.3, -0.25) is 5.32 Å². The van der Waals surface area contributed by atoms with Crippen molar-refractivity contribution in [2.75, 3.05) is 46.5 Å². The van der Waals surface area contributed by atoms with E-state index in [1.807, 2.05) is 0 Å². The van der Waals surface area contributed by atoms with Crippen LogP contribution in [0.15, 0.2) is 0 Å². The van der Waals surface area contributed by atoms with E-state index < -0.39 is 0 Å². The third kappa shape index (κ3) is 1.69. The fourth-order valence-electron chi connectivity index (χ4n) is 2.62. The molecule has 0 aromatic carbocycles. The molecule has 0 amide bonds. The summed E-state index contributed by atoms with van der Waals surface area (Å²) in [6.45, 7) is 5.96. The number of nitrogens with one attached hydrogen (secondary N) is 1. The molecule has 0 atom stereocenters. The summed E-state index contributed by atoms with van der Waals surface area (Å²) in [4.78, 5) is 2.37. The summed E-state index contributed by atoms with van der Waals surface area (Å²) in [5.74, 6) is 0. The van der Waals surface area contributed by atoms with Gasteiger partial charge in [-0.05, 0) is 7.05 Å². The van der Waals surface area contributed by atoms with Crippen molar-refractivity contribution in [1.82, 2.24) is 10.2 Å². The Morgan fingerprint density at radius 1 is 1.13 bits per heavy atom. The van der Waals surface area contributed by atoms with E-state index in [9.17, 15) is 0 Å². The highest BCUT2D eigenvalue weighted by molar-refractivity contribution is 4.97. The summed E-state index contributed by atoms with van der Waals surface area (Å²) in [5.41, 5.74) is 0.280. The minimum atomic E-state index is -0.0205. The van der Waals surface area contributed by atoms with Crippen molar-refractivity contribution < 1.29 is 9.47 Å². The number of rotatable bonds is 0. The summed E-state index contributed by atoms with van der Waals surface area (Å²) >= 11 is 0. The van der Waals surface area contributed by atoms with Gasteiger partial charge in [-0.25, -0.2) is 0 Å². The van der Waals surface area contributed by atoms with Crippen LogP contribution >= 0.6 is 0 Å². The average molecular weight is 212 g/mol. The zero-order chi connectivity index (χ0) is 10.4. The van der Waals surface area contributed by atoms with Gasteiger partial charge in [0.2, 0.25) is 0 Å². The molecule has 3 aliphatic heterocycles. The molecule has 4 nitrogen and oxygen atoms in total. The molecule has 3 heterocycles. The molecule has 3 rings (SSSR count). The maximum absolute atomic E-state index is 6.09. The van der Waals surface area contributed by atoms with Gasteiger partial charge >= 0.3 is 0 Å². The predicted octanol–water partition coefficient (Wildman–Crippen LogP) is 0.0447. The van der Waals surface area contributed by atoms with E-state index in [-0.39, 0.29) is 5.72 Å². The molecule has 0 bridgehead atoms. The van der Waals surface area contributed by atoms with Crippen LogP contribution in [0.2, 0.25) is 0 Å². The molecule has 0 aromatic rings. The second-order valence-corrected chi connectivity index (χ2v) is 5.43. The fraction of sp³-hybridized carbons (Fsp3) is 1.00. The Hall–Kier alpha value is -0.160. The maximum atomic E-state index is 6.09. The first kappa shape index (κ1) is 10.0. The lowest BCUT2D eigenvalue weighted by atomic mass is 9.83. The van der Waals surface area contributed by atoms with E-state index in [1.54, 1.807) is 0 Å². The summed E-state index contributed by atoms with van der Waals surface area (Å²) in [6.07, 6.45) is 2.22. The molecule has 0 aliphatic carbocycles. The van der Waals surface area contributed by atoms with Crippen LogP contribution in [0.3, 0.4) is 0 Å². The smallest absolute Gasteiger partial charge is 0.121 e. The van der Waals surface area contributed by atoms with Crippen LogP contribution in [0, 0.1) is 5.41 Å². The zero-order valence-electron chi connectivity index (χ0n) is 9.42. The minimum Gasteiger partial charge on any atom is -0.380 e. The third-order valence-electron chi connectivity index (χ3n) is 4.05. The highest BCUT2D eigenvalue weighted by Gasteiger charge is 2.48. The highest BCUT2D eigenvalue weighted by atomic mass is 16.5. The first-order valence-electron chi connectivity index (χ1n) is 5.87. The largest absolute Gasteiger partial charge is 0.380 e. The number of hydrogen-bond donors (Lipinski definition) is 1. The van der Waals surface area contributed by atoms with E-state index >= 15 is 0 Å². The molecule has 2 spiro atoms. The first-order valence-corrected chi connectivity index (χ1v) is 5.87. The van der Waals surface area contributed by atoms with Gasteiger partial charge in [0, 0.05) is 32.5 Å². The minimum absolute atomic E-state index is 0.0205. The van der Waals surface area contributed by atoms with Gasteiger partial charge in [0.15, 0.2) is 0 Å². The summed E-state index contributed by atoms with van der Waals surface area (Å²) in [7, 11) is 2.18. The van der Waals surface area contributed by atoms with Crippen LogP contribution in [-0.2, 0) is 9.47 Å². The summed E-state index contributed by atoms with van der Waals surface area (Å²) in [5, 5.41) is 3.62. The van der Waals surface area contributed by atoms with Crippen molar-refractivity contribution in [2.45, 2.75) is 18.6 Å². The Labute approximate surface area is 90.9 Å². The summed E-state index contributed by atoms with van der Waals surface area (Å²) < 4.78 is 11.4. The predicted molar refractivity (Wildman–Crippen MR) is 56.7 cm³/mol.